The van der Waals surface area contributed by atoms with Gasteiger partial charge in [-0.2, -0.15) is 0 Å². The van der Waals surface area contributed by atoms with Crippen molar-refractivity contribution in [2.24, 2.45) is 0 Å². The van der Waals surface area contributed by atoms with Gasteiger partial charge in [0.25, 0.3) is 0 Å². The van der Waals surface area contributed by atoms with Crippen molar-refractivity contribution in [2.45, 2.75) is 19.3 Å². The van der Waals surface area contributed by atoms with Gasteiger partial charge < -0.3 is 5.32 Å². The first-order chi connectivity index (χ1) is 11.2. The third kappa shape index (κ3) is 4.13. The van der Waals surface area contributed by atoms with E-state index in [2.05, 4.69) is 16.4 Å². The molecule has 3 rings (SSSR count). The van der Waals surface area contributed by atoms with Gasteiger partial charge in [-0.25, -0.2) is 9.37 Å². The molecule has 1 N–H and O–H groups in total. The van der Waals surface area contributed by atoms with E-state index in [0.717, 1.165) is 23.4 Å². The summed E-state index contributed by atoms with van der Waals surface area (Å²) in [6.07, 6.45) is 1.73. The number of hydrogen-bond acceptors (Lipinski definition) is 3. The summed E-state index contributed by atoms with van der Waals surface area (Å²) in [7, 11) is 0. The number of nitrogens with zero attached hydrogens (tertiary/aromatic N) is 1. The second kappa shape index (κ2) is 7.33. The van der Waals surface area contributed by atoms with Crippen LogP contribution in [0.15, 0.2) is 48.5 Å². The molecule has 3 aromatic rings. The number of fused-ring (bicyclic) bond motifs is 1. The van der Waals surface area contributed by atoms with Gasteiger partial charge in [0.05, 0.1) is 21.6 Å². The van der Waals surface area contributed by atoms with E-state index in [1.807, 2.05) is 18.2 Å². The molecule has 0 radical (unpaired) electrons. The summed E-state index contributed by atoms with van der Waals surface area (Å²) in [4.78, 5) is 16.4. The number of thiazole rings is 1. The first-order valence-corrected chi connectivity index (χ1v) is 8.38. The topological polar surface area (TPSA) is 42.0 Å². The lowest BCUT2D eigenvalue weighted by molar-refractivity contribution is -0.120. The lowest BCUT2D eigenvalue weighted by atomic mass is 10.1. The van der Waals surface area contributed by atoms with Crippen LogP contribution in [0.5, 0.6) is 0 Å². The van der Waals surface area contributed by atoms with Crippen molar-refractivity contribution in [2.75, 3.05) is 6.54 Å². The van der Waals surface area contributed by atoms with Gasteiger partial charge in [0.1, 0.15) is 5.82 Å². The third-order valence-electron chi connectivity index (χ3n) is 3.54. The van der Waals surface area contributed by atoms with E-state index in [9.17, 15) is 9.18 Å². The van der Waals surface area contributed by atoms with Crippen LogP contribution in [0.4, 0.5) is 4.39 Å². The van der Waals surface area contributed by atoms with Gasteiger partial charge in [-0.05, 0) is 30.2 Å². The first kappa shape index (κ1) is 15.6. The van der Waals surface area contributed by atoms with Gasteiger partial charge in [0, 0.05) is 13.0 Å². The zero-order chi connectivity index (χ0) is 16.1. The van der Waals surface area contributed by atoms with Gasteiger partial charge >= 0.3 is 0 Å². The molecule has 5 heteroatoms. The summed E-state index contributed by atoms with van der Waals surface area (Å²) in [5.41, 5.74) is 1.45. The molecular weight excluding hydrogens is 311 g/mol. The predicted octanol–water partition coefficient (Wildman–Crippen LogP) is 3.73. The van der Waals surface area contributed by atoms with Crippen LogP contribution >= 0.6 is 11.3 Å². The quantitative estimate of drug-likeness (QED) is 0.701. The Balaban J connectivity index is 1.44. The zero-order valence-electron chi connectivity index (χ0n) is 12.6. The molecule has 0 fully saturated rings. The number of hydrogen-bond donors (Lipinski definition) is 1. The van der Waals surface area contributed by atoms with Gasteiger partial charge in [-0.15, -0.1) is 11.3 Å². The molecule has 1 aromatic heterocycles. The molecule has 3 nitrogen and oxygen atoms in total. The highest BCUT2D eigenvalue weighted by Gasteiger charge is 2.07. The van der Waals surface area contributed by atoms with Gasteiger partial charge in [-0.1, -0.05) is 30.3 Å². The van der Waals surface area contributed by atoms with Crippen molar-refractivity contribution < 1.29 is 9.18 Å². The van der Waals surface area contributed by atoms with E-state index in [1.54, 1.807) is 29.5 Å². The third-order valence-corrected chi connectivity index (χ3v) is 4.63. The summed E-state index contributed by atoms with van der Waals surface area (Å²) < 4.78 is 14.7. The number of aromatic nitrogens is 1. The molecule has 1 heterocycles. The van der Waals surface area contributed by atoms with Crippen molar-refractivity contribution in [3.8, 4) is 0 Å². The highest BCUT2D eigenvalue weighted by Crippen LogP contribution is 2.22. The van der Waals surface area contributed by atoms with Crippen LogP contribution in [0.3, 0.4) is 0 Å². The van der Waals surface area contributed by atoms with E-state index in [0.29, 0.717) is 12.1 Å². The van der Waals surface area contributed by atoms with E-state index in [-0.39, 0.29) is 18.1 Å². The number of rotatable bonds is 6. The SMILES string of the molecule is O=C(Cc1ccccc1F)NCCCc1nc2ccccc2s1. The summed E-state index contributed by atoms with van der Waals surface area (Å²) in [6, 6.07) is 14.4. The fraction of sp³-hybridized carbons (Fsp3) is 0.222. The minimum absolute atomic E-state index is 0.0772. The first-order valence-electron chi connectivity index (χ1n) is 7.57. The zero-order valence-corrected chi connectivity index (χ0v) is 13.4. The highest BCUT2D eigenvalue weighted by molar-refractivity contribution is 7.18. The summed E-state index contributed by atoms with van der Waals surface area (Å²) >= 11 is 1.69. The maximum Gasteiger partial charge on any atom is 0.224 e. The smallest absolute Gasteiger partial charge is 0.224 e. The summed E-state index contributed by atoms with van der Waals surface area (Å²) in [6.45, 7) is 0.573. The van der Waals surface area contributed by atoms with Crippen LogP contribution in [-0.4, -0.2) is 17.4 Å². The molecule has 0 aliphatic heterocycles. The van der Waals surface area contributed by atoms with Gasteiger partial charge in [0.2, 0.25) is 5.91 Å². The second-order valence-corrected chi connectivity index (χ2v) is 6.41. The maximum atomic E-state index is 13.5. The molecule has 0 unspecified atom stereocenters. The molecule has 1 amide bonds. The minimum Gasteiger partial charge on any atom is -0.356 e. The minimum atomic E-state index is -0.336. The Labute approximate surface area is 138 Å². The van der Waals surface area contributed by atoms with Crippen LogP contribution in [0, 0.1) is 5.82 Å². The van der Waals surface area contributed by atoms with Crippen LogP contribution in [-0.2, 0) is 17.6 Å². The lowest BCUT2D eigenvalue weighted by Crippen LogP contribution is -2.26. The fourth-order valence-corrected chi connectivity index (χ4v) is 3.38. The number of amides is 1. The molecule has 0 aliphatic carbocycles. The van der Waals surface area contributed by atoms with E-state index in [4.69, 9.17) is 0 Å². The highest BCUT2D eigenvalue weighted by atomic mass is 32.1. The van der Waals surface area contributed by atoms with Crippen LogP contribution in [0.2, 0.25) is 0 Å². The molecule has 118 valence electrons. The fourth-order valence-electron chi connectivity index (χ4n) is 2.37. The van der Waals surface area contributed by atoms with Gasteiger partial charge in [-0.3, -0.25) is 4.79 Å². The van der Waals surface area contributed by atoms with E-state index < -0.39 is 0 Å². The molecule has 23 heavy (non-hydrogen) atoms. The van der Waals surface area contributed by atoms with Gasteiger partial charge in [0.15, 0.2) is 0 Å². The molecule has 0 saturated carbocycles. The molecule has 0 bridgehead atoms. The summed E-state index contributed by atoms with van der Waals surface area (Å²) in [5, 5.41) is 3.91. The number of halogens is 1. The molecule has 0 spiro atoms. The molecule has 0 atom stereocenters. The predicted molar refractivity (Wildman–Crippen MR) is 91.1 cm³/mol. The Morgan fingerprint density at radius 1 is 1.13 bits per heavy atom. The number of benzene rings is 2. The molecule has 0 aliphatic rings. The molecule has 0 saturated heterocycles. The average Bonchev–Trinajstić information content (AvgIpc) is 2.96. The Kier molecular flexibility index (Phi) is 4.98. The van der Waals surface area contributed by atoms with E-state index >= 15 is 0 Å². The molecule has 2 aromatic carbocycles. The van der Waals surface area contributed by atoms with Crippen LogP contribution < -0.4 is 5.32 Å². The number of carbonyl (C=O) groups excluding carboxylic acids is 1. The largest absolute Gasteiger partial charge is 0.356 e. The molecular formula is C18H17FN2OS. The Morgan fingerprint density at radius 3 is 2.74 bits per heavy atom. The Hall–Kier alpha value is -2.27. The number of aryl methyl sites for hydroxylation is 1. The number of carbonyl (C=O) groups is 1. The normalized spacial score (nSPS) is 10.8. The lowest BCUT2D eigenvalue weighted by Gasteiger charge is -2.05. The van der Waals surface area contributed by atoms with Crippen LogP contribution in [0.1, 0.15) is 17.0 Å². The number of nitrogens with one attached hydrogen (secondary N) is 1. The summed E-state index contributed by atoms with van der Waals surface area (Å²) in [5.74, 6) is -0.489. The Bertz CT molecular complexity index is 782. The average molecular weight is 328 g/mol. The van der Waals surface area contributed by atoms with Crippen molar-refractivity contribution in [1.82, 2.24) is 10.3 Å². The van der Waals surface area contributed by atoms with E-state index in [1.165, 1.54) is 10.8 Å². The Morgan fingerprint density at radius 2 is 1.91 bits per heavy atom. The second-order valence-electron chi connectivity index (χ2n) is 5.30. The number of para-hydroxylation sites is 1. The monoisotopic (exact) mass is 328 g/mol. The van der Waals surface area contributed by atoms with Crippen molar-refractivity contribution in [3.63, 3.8) is 0 Å². The van der Waals surface area contributed by atoms with Crippen molar-refractivity contribution >= 4 is 27.5 Å². The standard InChI is InChI=1S/C18H17FN2OS/c19-14-7-2-1-6-13(14)12-17(22)20-11-5-10-18-21-15-8-3-4-9-16(15)23-18/h1-4,6-9H,5,10-12H2,(H,20,22). The van der Waals surface area contributed by atoms with Crippen molar-refractivity contribution in [3.05, 3.63) is 64.9 Å². The van der Waals surface area contributed by atoms with Crippen LogP contribution in [0.25, 0.3) is 10.2 Å². The maximum absolute atomic E-state index is 13.5. The van der Waals surface area contributed by atoms with Crippen molar-refractivity contribution in [1.29, 1.82) is 0 Å².